The third-order valence-corrected chi connectivity index (χ3v) is 4.70. The minimum Gasteiger partial charge on any atom is -0.382 e. The zero-order valence-electron chi connectivity index (χ0n) is 15.0. The van der Waals surface area contributed by atoms with Gasteiger partial charge in [0.1, 0.15) is 0 Å². The van der Waals surface area contributed by atoms with Crippen molar-refractivity contribution in [3.05, 3.63) is 64.8 Å². The molecule has 3 rings (SSSR count). The summed E-state index contributed by atoms with van der Waals surface area (Å²) in [4.78, 5) is 13.7. The maximum Gasteiger partial charge on any atom is 0.280 e. The second kappa shape index (κ2) is 7.61. The normalized spacial score (nSPS) is 10.7. The van der Waals surface area contributed by atoms with Crippen LogP contribution in [0.3, 0.4) is 0 Å². The second-order valence-corrected chi connectivity index (χ2v) is 7.04. The topological polar surface area (TPSA) is 85.8 Å². The zero-order chi connectivity index (χ0) is 18.7. The fourth-order valence-electron chi connectivity index (χ4n) is 2.74. The standard InChI is InChI=1S/C19H21N5OS/c1-12-8-13(2)10-15(9-12)21-19(25)17-18(20)24(23-22-17)11-14-4-6-16(26-3)7-5-14/h4-10H,11,20H2,1-3H3,(H,21,25). The molecule has 0 aliphatic heterocycles. The molecule has 134 valence electrons. The van der Waals surface area contributed by atoms with E-state index in [1.165, 1.54) is 9.58 Å². The summed E-state index contributed by atoms with van der Waals surface area (Å²) in [6.07, 6.45) is 2.03. The van der Waals surface area contributed by atoms with Crippen molar-refractivity contribution in [2.75, 3.05) is 17.3 Å². The summed E-state index contributed by atoms with van der Waals surface area (Å²) in [5, 5.41) is 10.8. The Balaban J connectivity index is 1.75. The highest BCUT2D eigenvalue weighted by molar-refractivity contribution is 7.98. The number of nitrogens with two attached hydrogens (primary N) is 1. The molecule has 6 nitrogen and oxygen atoms in total. The van der Waals surface area contributed by atoms with Crippen molar-refractivity contribution in [3.63, 3.8) is 0 Å². The van der Waals surface area contributed by atoms with Crippen LogP contribution in [0, 0.1) is 13.8 Å². The van der Waals surface area contributed by atoms with Crippen LogP contribution in [0.1, 0.15) is 27.2 Å². The number of benzene rings is 2. The Morgan fingerprint density at radius 3 is 2.42 bits per heavy atom. The van der Waals surface area contributed by atoms with Gasteiger partial charge in [-0.3, -0.25) is 4.79 Å². The highest BCUT2D eigenvalue weighted by Gasteiger charge is 2.18. The maximum atomic E-state index is 12.5. The summed E-state index contributed by atoms with van der Waals surface area (Å²) < 4.78 is 1.53. The van der Waals surface area contributed by atoms with Gasteiger partial charge in [0.2, 0.25) is 0 Å². The van der Waals surface area contributed by atoms with Crippen LogP contribution in [-0.4, -0.2) is 27.2 Å². The van der Waals surface area contributed by atoms with Gasteiger partial charge in [-0.25, -0.2) is 4.68 Å². The van der Waals surface area contributed by atoms with Crippen LogP contribution in [0.5, 0.6) is 0 Å². The van der Waals surface area contributed by atoms with Crippen LogP contribution < -0.4 is 11.1 Å². The molecule has 2 aromatic carbocycles. The summed E-state index contributed by atoms with van der Waals surface area (Å²) in [7, 11) is 0. The molecule has 3 N–H and O–H groups in total. The van der Waals surface area contributed by atoms with E-state index >= 15 is 0 Å². The number of hydrogen-bond donors (Lipinski definition) is 2. The van der Waals surface area contributed by atoms with Crippen molar-refractivity contribution in [2.45, 2.75) is 25.3 Å². The lowest BCUT2D eigenvalue weighted by Gasteiger charge is -2.07. The van der Waals surface area contributed by atoms with E-state index in [0.717, 1.165) is 16.7 Å². The fraction of sp³-hybridized carbons (Fsp3) is 0.211. The first-order valence-corrected chi connectivity index (χ1v) is 9.40. The predicted molar refractivity (Wildman–Crippen MR) is 106 cm³/mol. The smallest absolute Gasteiger partial charge is 0.280 e. The molecule has 0 aliphatic rings. The van der Waals surface area contributed by atoms with Crippen molar-refractivity contribution < 1.29 is 4.79 Å². The number of nitrogen functional groups attached to an aromatic ring is 1. The van der Waals surface area contributed by atoms with Gasteiger partial charge in [-0.2, -0.15) is 0 Å². The van der Waals surface area contributed by atoms with Crippen LogP contribution in [0.25, 0.3) is 0 Å². The average molecular weight is 367 g/mol. The molecule has 26 heavy (non-hydrogen) atoms. The molecule has 0 radical (unpaired) electrons. The van der Waals surface area contributed by atoms with Crippen molar-refractivity contribution >= 4 is 29.2 Å². The van der Waals surface area contributed by atoms with E-state index in [-0.39, 0.29) is 17.4 Å². The summed E-state index contributed by atoms with van der Waals surface area (Å²) in [5.41, 5.74) is 10.1. The summed E-state index contributed by atoms with van der Waals surface area (Å²) in [6, 6.07) is 14.0. The molecule has 0 bridgehead atoms. The van der Waals surface area contributed by atoms with Crippen molar-refractivity contribution in [2.24, 2.45) is 0 Å². The van der Waals surface area contributed by atoms with E-state index in [1.54, 1.807) is 11.8 Å². The van der Waals surface area contributed by atoms with Crippen molar-refractivity contribution in [1.29, 1.82) is 0 Å². The Kier molecular flexibility index (Phi) is 5.27. The number of amides is 1. The Bertz CT molecular complexity index is 913. The van der Waals surface area contributed by atoms with E-state index < -0.39 is 0 Å². The third kappa shape index (κ3) is 4.05. The molecule has 0 spiro atoms. The molecule has 0 atom stereocenters. The van der Waals surface area contributed by atoms with E-state index in [2.05, 4.69) is 15.6 Å². The first kappa shape index (κ1) is 18.0. The molecule has 0 unspecified atom stereocenters. The molecule has 1 amide bonds. The third-order valence-electron chi connectivity index (χ3n) is 3.96. The SMILES string of the molecule is CSc1ccc(Cn2nnc(C(=O)Nc3cc(C)cc(C)c3)c2N)cc1. The van der Waals surface area contributed by atoms with E-state index in [1.807, 2.05) is 62.6 Å². The van der Waals surface area contributed by atoms with Crippen LogP contribution in [-0.2, 0) is 6.54 Å². The van der Waals surface area contributed by atoms with Gasteiger partial charge in [0.15, 0.2) is 11.5 Å². The summed E-state index contributed by atoms with van der Waals surface area (Å²) in [6.45, 7) is 4.43. The summed E-state index contributed by atoms with van der Waals surface area (Å²) in [5.74, 6) is -0.114. The van der Waals surface area contributed by atoms with Gasteiger partial charge in [-0.05, 0) is 61.1 Å². The number of aryl methyl sites for hydroxylation is 2. The predicted octanol–water partition coefficient (Wildman–Crippen LogP) is 3.50. The van der Waals surface area contributed by atoms with Crippen LogP contribution in [0.2, 0.25) is 0 Å². The lowest BCUT2D eigenvalue weighted by atomic mass is 10.1. The van der Waals surface area contributed by atoms with Gasteiger partial charge >= 0.3 is 0 Å². The Morgan fingerprint density at radius 2 is 1.81 bits per heavy atom. The van der Waals surface area contributed by atoms with Gasteiger partial charge in [-0.1, -0.05) is 23.4 Å². The Hall–Kier alpha value is -2.80. The molecular formula is C19H21N5OS. The molecule has 3 aromatic rings. The first-order chi connectivity index (χ1) is 12.5. The van der Waals surface area contributed by atoms with Gasteiger partial charge in [-0.15, -0.1) is 16.9 Å². The number of hydrogen-bond acceptors (Lipinski definition) is 5. The van der Waals surface area contributed by atoms with Crippen molar-refractivity contribution in [3.8, 4) is 0 Å². The summed E-state index contributed by atoms with van der Waals surface area (Å²) >= 11 is 1.69. The number of nitrogens with zero attached hydrogens (tertiary/aromatic N) is 3. The van der Waals surface area contributed by atoms with Gasteiger partial charge in [0.05, 0.1) is 6.54 Å². The molecule has 1 heterocycles. The quantitative estimate of drug-likeness (QED) is 0.674. The minimum atomic E-state index is -0.364. The van der Waals surface area contributed by atoms with Crippen LogP contribution >= 0.6 is 11.8 Å². The average Bonchev–Trinajstić information content (AvgIpc) is 2.95. The largest absolute Gasteiger partial charge is 0.382 e. The molecule has 0 saturated heterocycles. The highest BCUT2D eigenvalue weighted by atomic mass is 32.2. The number of carbonyl (C=O) groups excluding carboxylic acids is 1. The lowest BCUT2D eigenvalue weighted by molar-refractivity contribution is 0.102. The van der Waals surface area contributed by atoms with Gasteiger partial charge < -0.3 is 11.1 Å². The number of anilines is 2. The zero-order valence-corrected chi connectivity index (χ0v) is 15.8. The number of aromatic nitrogens is 3. The molecule has 1 aromatic heterocycles. The number of thioether (sulfide) groups is 1. The van der Waals surface area contributed by atoms with E-state index in [0.29, 0.717) is 12.2 Å². The maximum absolute atomic E-state index is 12.5. The Labute approximate surface area is 156 Å². The molecular weight excluding hydrogens is 346 g/mol. The van der Waals surface area contributed by atoms with Crippen LogP contribution in [0.4, 0.5) is 11.5 Å². The Morgan fingerprint density at radius 1 is 1.15 bits per heavy atom. The number of rotatable bonds is 5. The lowest BCUT2D eigenvalue weighted by Crippen LogP contribution is -2.15. The van der Waals surface area contributed by atoms with E-state index in [9.17, 15) is 4.79 Å². The molecule has 7 heteroatoms. The van der Waals surface area contributed by atoms with Crippen LogP contribution in [0.15, 0.2) is 47.4 Å². The van der Waals surface area contributed by atoms with Gasteiger partial charge in [0, 0.05) is 10.6 Å². The highest BCUT2D eigenvalue weighted by Crippen LogP contribution is 2.18. The van der Waals surface area contributed by atoms with Gasteiger partial charge in [0.25, 0.3) is 5.91 Å². The van der Waals surface area contributed by atoms with Crippen molar-refractivity contribution in [1.82, 2.24) is 15.0 Å². The molecule has 0 fully saturated rings. The second-order valence-electron chi connectivity index (χ2n) is 6.16. The number of carbonyl (C=O) groups is 1. The molecule has 0 saturated carbocycles. The number of nitrogens with one attached hydrogen (secondary N) is 1. The molecule has 0 aliphatic carbocycles. The monoisotopic (exact) mass is 367 g/mol. The van der Waals surface area contributed by atoms with E-state index in [4.69, 9.17) is 5.73 Å². The first-order valence-electron chi connectivity index (χ1n) is 8.18. The minimum absolute atomic E-state index is 0.130. The fourth-order valence-corrected chi connectivity index (χ4v) is 3.15.